The lowest BCUT2D eigenvalue weighted by Crippen LogP contribution is -2.16. The number of carbonyl (C=O) groups excluding carboxylic acids is 1. The number of carbonyl (C=O) groups is 1. The van der Waals surface area contributed by atoms with Gasteiger partial charge in [-0.05, 0) is 32.9 Å². The number of nitrogens with zero attached hydrogens (tertiary/aromatic N) is 1. The molecule has 0 fully saturated rings. The van der Waals surface area contributed by atoms with Gasteiger partial charge in [-0.3, -0.25) is 4.79 Å². The van der Waals surface area contributed by atoms with Crippen LogP contribution in [0.15, 0.2) is 42.5 Å². The third-order valence-electron chi connectivity index (χ3n) is 2.74. The fourth-order valence-electron chi connectivity index (χ4n) is 1.87. The smallest absolute Gasteiger partial charge is 0.196 e. The normalized spacial score (nSPS) is 10.5. The van der Waals surface area contributed by atoms with Crippen LogP contribution in [0.1, 0.15) is 35.5 Å². The van der Waals surface area contributed by atoms with E-state index < -0.39 is 0 Å². The molecule has 0 aliphatic heterocycles. The third kappa shape index (κ3) is 3.19. The van der Waals surface area contributed by atoms with Crippen molar-refractivity contribution in [3.8, 4) is 0 Å². The maximum absolute atomic E-state index is 12.5. The first-order chi connectivity index (χ1) is 9.08. The van der Waals surface area contributed by atoms with Crippen LogP contribution in [0.25, 0.3) is 0 Å². The van der Waals surface area contributed by atoms with Gasteiger partial charge >= 0.3 is 0 Å². The van der Waals surface area contributed by atoms with Crippen LogP contribution >= 0.6 is 0 Å². The van der Waals surface area contributed by atoms with Crippen molar-refractivity contribution in [3.05, 3.63) is 59.3 Å². The Morgan fingerprint density at radius 3 is 2.42 bits per heavy atom. The number of aromatic nitrogens is 1. The van der Waals surface area contributed by atoms with Crippen LogP contribution in [0.5, 0.6) is 0 Å². The lowest BCUT2D eigenvalue weighted by Gasteiger charge is -2.13. The predicted octanol–water partition coefficient (Wildman–Crippen LogP) is 3.44. The number of hydrogen-bond acceptors (Lipinski definition) is 3. The zero-order valence-electron chi connectivity index (χ0n) is 11.5. The summed E-state index contributed by atoms with van der Waals surface area (Å²) < 4.78 is 0. The minimum atomic E-state index is -0.00347. The molecule has 0 atom stereocenters. The monoisotopic (exact) mass is 254 g/mol. The van der Waals surface area contributed by atoms with Crippen molar-refractivity contribution < 1.29 is 4.79 Å². The van der Waals surface area contributed by atoms with Crippen LogP contribution in [0, 0.1) is 6.92 Å². The first-order valence-corrected chi connectivity index (χ1v) is 6.42. The fraction of sp³-hybridized carbons (Fsp3) is 0.250. The van der Waals surface area contributed by atoms with Crippen LogP contribution in [0.4, 0.5) is 5.82 Å². The topological polar surface area (TPSA) is 42.0 Å². The van der Waals surface area contributed by atoms with Gasteiger partial charge in [-0.15, -0.1) is 0 Å². The van der Waals surface area contributed by atoms with E-state index >= 15 is 0 Å². The van der Waals surface area contributed by atoms with E-state index in [0.717, 1.165) is 5.69 Å². The van der Waals surface area contributed by atoms with Crippen LogP contribution in [0.3, 0.4) is 0 Å². The fourth-order valence-corrected chi connectivity index (χ4v) is 1.87. The highest BCUT2D eigenvalue weighted by Crippen LogP contribution is 2.18. The molecular weight excluding hydrogens is 236 g/mol. The van der Waals surface area contributed by atoms with Crippen molar-refractivity contribution >= 4 is 11.6 Å². The van der Waals surface area contributed by atoms with Gasteiger partial charge in [-0.1, -0.05) is 30.3 Å². The van der Waals surface area contributed by atoms with Crippen molar-refractivity contribution in [2.24, 2.45) is 0 Å². The van der Waals surface area contributed by atoms with Crippen molar-refractivity contribution in [1.29, 1.82) is 0 Å². The zero-order chi connectivity index (χ0) is 13.8. The number of hydrogen-bond donors (Lipinski definition) is 1. The lowest BCUT2D eigenvalue weighted by molar-refractivity contribution is 0.103. The summed E-state index contributed by atoms with van der Waals surface area (Å²) in [6, 6.07) is 13.2. The maximum Gasteiger partial charge on any atom is 0.196 e. The largest absolute Gasteiger partial charge is 0.367 e. The summed E-state index contributed by atoms with van der Waals surface area (Å²) in [5.74, 6) is 0.653. The molecule has 0 amide bonds. The van der Waals surface area contributed by atoms with E-state index in [0.29, 0.717) is 16.9 Å². The van der Waals surface area contributed by atoms with Crippen LogP contribution in [-0.2, 0) is 0 Å². The van der Waals surface area contributed by atoms with E-state index in [1.165, 1.54) is 0 Å². The molecule has 2 rings (SSSR count). The number of aryl methyl sites for hydroxylation is 1. The summed E-state index contributed by atoms with van der Waals surface area (Å²) in [7, 11) is 0. The van der Waals surface area contributed by atoms with Gasteiger partial charge in [0.05, 0.1) is 5.56 Å². The molecule has 0 unspecified atom stereocenters. The molecule has 3 heteroatoms. The molecule has 0 aliphatic rings. The molecular formula is C16H18N2O. The standard InChI is InChI=1S/C16H18N2O/c1-11(2)17-16-14(10-9-12(3)18-16)15(19)13-7-5-4-6-8-13/h4-11H,1-3H3,(H,17,18). The Morgan fingerprint density at radius 2 is 1.79 bits per heavy atom. The van der Waals surface area contributed by atoms with Crippen LogP contribution < -0.4 is 5.32 Å². The average molecular weight is 254 g/mol. The number of pyridine rings is 1. The summed E-state index contributed by atoms with van der Waals surface area (Å²) in [6.45, 7) is 5.98. The molecule has 0 radical (unpaired) electrons. The van der Waals surface area contributed by atoms with Gasteiger partial charge < -0.3 is 5.32 Å². The van der Waals surface area contributed by atoms with E-state index in [-0.39, 0.29) is 11.8 Å². The molecule has 1 N–H and O–H groups in total. The molecule has 98 valence electrons. The number of benzene rings is 1. The molecule has 0 aliphatic carbocycles. The van der Waals surface area contributed by atoms with Gasteiger partial charge in [0.25, 0.3) is 0 Å². The Labute approximate surface area is 113 Å². The number of anilines is 1. The molecule has 0 saturated carbocycles. The molecule has 1 aromatic carbocycles. The Bertz CT molecular complexity index is 577. The first-order valence-electron chi connectivity index (χ1n) is 6.42. The van der Waals surface area contributed by atoms with Crippen molar-refractivity contribution in [1.82, 2.24) is 4.98 Å². The summed E-state index contributed by atoms with van der Waals surface area (Å²) in [4.78, 5) is 16.9. The molecule has 1 aromatic heterocycles. The maximum atomic E-state index is 12.5. The van der Waals surface area contributed by atoms with Crippen LogP contribution in [-0.4, -0.2) is 16.8 Å². The number of rotatable bonds is 4. The van der Waals surface area contributed by atoms with Crippen LogP contribution in [0.2, 0.25) is 0 Å². The van der Waals surface area contributed by atoms with E-state index in [9.17, 15) is 4.79 Å². The highest BCUT2D eigenvalue weighted by molar-refractivity contribution is 6.11. The molecule has 0 spiro atoms. The second-order valence-corrected chi connectivity index (χ2v) is 4.84. The molecule has 19 heavy (non-hydrogen) atoms. The summed E-state index contributed by atoms with van der Waals surface area (Å²) in [5, 5.41) is 3.23. The second kappa shape index (κ2) is 5.65. The van der Waals surface area contributed by atoms with E-state index in [1.54, 1.807) is 0 Å². The van der Waals surface area contributed by atoms with E-state index in [1.807, 2.05) is 63.2 Å². The van der Waals surface area contributed by atoms with E-state index in [2.05, 4.69) is 10.3 Å². The minimum absolute atomic E-state index is 0.00347. The summed E-state index contributed by atoms with van der Waals surface area (Å²) in [6.07, 6.45) is 0. The quantitative estimate of drug-likeness (QED) is 0.850. The highest BCUT2D eigenvalue weighted by Gasteiger charge is 2.15. The van der Waals surface area contributed by atoms with Gasteiger partial charge in [-0.2, -0.15) is 0 Å². The molecule has 1 heterocycles. The molecule has 3 nitrogen and oxygen atoms in total. The first kappa shape index (κ1) is 13.3. The summed E-state index contributed by atoms with van der Waals surface area (Å²) in [5.41, 5.74) is 2.19. The SMILES string of the molecule is Cc1ccc(C(=O)c2ccccc2)c(NC(C)C)n1. The van der Waals surface area contributed by atoms with Gasteiger partial charge in [0.15, 0.2) is 5.78 Å². The minimum Gasteiger partial charge on any atom is -0.367 e. The summed E-state index contributed by atoms with van der Waals surface area (Å²) >= 11 is 0. The zero-order valence-corrected chi connectivity index (χ0v) is 11.5. The van der Waals surface area contributed by atoms with E-state index in [4.69, 9.17) is 0 Å². The molecule has 0 saturated heterocycles. The predicted molar refractivity (Wildman–Crippen MR) is 77.6 cm³/mol. The number of ketones is 1. The van der Waals surface area contributed by atoms with Crippen molar-refractivity contribution in [3.63, 3.8) is 0 Å². The van der Waals surface area contributed by atoms with Gasteiger partial charge in [0.2, 0.25) is 0 Å². The third-order valence-corrected chi connectivity index (χ3v) is 2.74. The molecule has 2 aromatic rings. The van der Waals surface area contributed by atoms with Gasteiger partial charge in [0, 0.05) is 17.3 Å². The average Bonchev–Trinajstić information content (AvgIpc) is 2.38. The van der Waals surface area contributed by atoms with Gasteiger partial charge in [-0.25, -0.2) is 4.98 Å². The number of nitrogens with one attached hydrogen (secondary N) is 1. The second-order valence-electron chi connectivity index (χ2n) is 4.84. The Hall–Kier alpha value is -2.16. The molecule has 0 bridgehead atoms. The van der Waals surface area contributed by atoms with Crippen molar-refractivity contribution in [2.45, 2.75) is 26.8 Å². The highest BCUT2D eigenvalue weighted by atomic mass is 16.1. The van der Waals surface area contributed by atoms with Crippen molar-refractivity contribution in [2.75, 3.05) is 5.32 Å². The van der Waals surface area contributed by atoms with Gasteiger partial charge in [0.1, 0.15) is 5.82 Å². The Balaban J connectivity index is 2.41. The Morgan fingerprint density at radius 1 is 1.11 bits per heavy atom. The lowest BCUT2D eigenvalue weighted by atomic mass is 10.0. The Kier molecular flexibility index (Phi) is 3.95.